The van der Waals surface area contributed by atoms with Crippen molar-refractivity contribution in [2.45, 2.75) is 6.10 Å². The zero-order valence-corrected chi connectivity index (χ0v) is 11.2. The highest BCUT2D eigenvalue weighted by Gasteiger charge is 2.06. The van der Waals surface area contributed by atoms with Crippen LogP contribution in [0, 0.1) is 0 Å². The van der Waals surface area contributed by atoms with Gasteiger partial charge in [-0.3, -0.25) is 0 Å². The molecule has 0 radical (unpaired) electrons. The van der Waals surface area contributed by atoms with E-state index in [1.54, 1.807) is 0 Å². The van der Waals surface area contributed by atoms with Crippen LogP contribution in [0.4, 0.5) is 0 Å². The van der Waals surface area contributed by atoms with E-state index in [2.05, 4.69) is 21.2 Å². The lowest BCUT2D eigenvalue weighted by atomic mass is 10.1. The summed E-state index contributed by atoms with van der Waals surface area (Å²) in [4.78, 5) is 0. The quantitative estimate of drug-likeness (QED) is 0.629. The van der Waals surface area contributed by atoms with E-state index in [9.17, 15) is 5.11 Å². The van der Waals surface area contributed by atoms with E-state index in [1.807, 2.05) is 24.3 Å². The molecular weight excluding hydrogens is 286 g/mol. The average molecular weight is 304 g/mol. The molecule has 96 valence electrons. The zero-order chi connectivity index (χ0) is 12.5. The van der Waals surface area contributed by atoms with Crippen molar-refractivity contribution >= 4 is 15.9 Å². The molecule has 0 fully saturated rings. The summed E-state index contributed by atoms with van der Waals surface area (Å²) in [6.07, 6.45) is -0.523. The molecule has 1 aromatic rings. The van der Waals surface area contributed by atoms with Crippen LogP contribution in [0.1, 0.15) is 11.7 Å². The van der Waals surface area contributed by atoms with Gasteiger partial charge in [0.2, 0.25) is 0 Å². The average Bonchev–Trinajstić information content (AvgIpc) is 2.33. The molecule has 17 heavy (non-hydrogen) atoms. The predicted molar refractivity (Wildman–Crippen MR) is 69.9 cm³/mol. The van der Waals surface area contributed by atoms with Crippen molar-refractivity contribution in [3.8, 4) is 0 Å². The summed E-state index contributed by atoms with van der Waals surface area (Å²) < 4.78 is 6.05. The van der Waals surface area contributed by atoms with Gasteiger partial charge in [0.15, 0.2) is 0 Å². The predicted octanol–water partition coefficient (Wildman–Crippen LogP) is 1.08. The Hall–Kier alpha value is -0.460. The Kier molecular flexibility index (Phi) is 7.39. The van der Waals surface area contributed by atoms with Crippen LogP contribution in [0.15, 0.2) is 28.7 Å². The summed E-state index contributed by atoms with van der Waals surface area (Å²) in [5.41, 5.74) is 0.878. The molecule has 0 saturated heterocycles. The van der Waals surface area contributed by atoms with Crippen LogP contribution in [0.25, 0.3) is 0 Å². The molecule has 1 atom stereocenters. The van der Waals surface area contributed by atoms with E-state index in [1.165, 1.54) is 0 Å². The highest BCUT2D eigenvalue weighted by atomic mass is 79.9. The van der Waals surface area contributed by atoms with Crippen molar-refractivity contribution in [3.05, 3.63) is 34.3 Å². The molecule has 4 nitrogen and oxygen atoms in total. The number of rotatable bonds is 8. The van der Waals surface area contributed by atoms with E-state index in [-0.39, 0.29) is 6.61 Å². The van der Waals surface area contributed by atoms with Crippen LogP contribution in [-0.4, -0.2) is 43.1 Å². The van der Waals surface area contributed by atoms with E-state index >= 15 is 0 Å². The SMILES string of the molecule is OCCOCCNCC(O)c1cccc(Br)c1. The number of halogens is 1. The summed E-state index contributed by atoms with van der Waals surface area (Å²) in [6, 6.07) is 7.60. The largest absolute Gasteiger partial charge is 0.394 e. The first-order valence-corrected chi connectivity index (χ1v) is 6.36. The number of aliphatic hydroxyl groups is 2. The van der Waals surface area contributed by atoms with Gasteiger partial charge in [0, 0.05) is 17.6 Å². The molecule has 1 aromatic carbocycles. The summed E-state index contributed by atoms with van der Waals surface area (Å²) in [7, 11) is 0. The van der Waals surface area contributed by atoms with Crippen LogP contribution in [0.3, 0.4) is 0 Å². The number of ether oxygens (including phenoxy) is 1. The molecule has 1 unspecified atom stereocenters. The minimum Gasteiger partial charge on any atom is -0.394 e. The number of hydrogen-bond donors (Lipinski definition) is 3. The maximum absolute atomic E-state index is 9.88. The van der Waals surface area contributed by atoms with Gasteiger partial charge in [0.25, 0.3) is 0 Å². The second kappa shape index (κ2) is 8.60. The molecule has 5 heteroatoms. The van der Waals surface area contributed by atoms with Gasteiger partial charge < -0.3 is 20.3 Å². The van der Waals surface area contributed by atoms with Gasteiger partial charge in [-0.05, 0) is 17.7 Å². The molecule has 0 saturated carbocycles. The number of hydrogen-bond acceptors (Lipinski definition) is 4. The second-order valence-corrected chi connectivity index (χ2v) is 4.53. The van der Waals surface area contributed by atoms with E-state index < -0.39 is 6.10 Å². The third-order valence-electron chi connectivity index (χ3n) is 2.23. The lowest BCUT2D eigenvalue weighted by Gasteiger charge is -2.12. The van der Waals surface area contributed by atoms with E-state index in [0.717, 1.165) is 10.0 Å². The third kappa shape index (κ3) is 6.14. The highest BCUT2D eigenvalue weighted by molar-refractivity contribution is 9.10. The topological polar surface area (TPSA) is 61.7 Å². The summed E-state index contributed by atoms with van der Waals surface area (Å²) in [5, 5.41) is 21.5. The van der Waals surface area contributed by atoms with Crippen molar-refractivity contribution in [1.29, 1.82) is 0 Å². The first-order chi connectivity index (χ1) is 8.24. The Bertz CT molecular complexity index is 322. The number of benzene rings is 1. The molecular formula is C12H18BrNO3. The fourth-order valence-corrected chi connectivity index (χ4v) is 1.80. The van der Waals surface area contributed by atoms with Crippen LogP contribution >= 0.6 is 15.9 Å². The molecule has 0 aromatic heterocycles. The Morgan fingerprint density at radius 2 is 2.18 bits per heavy atom. The van der Waals surface area contributed by atoms with Crippen molar-refractivity contribution in [1.82, 2.24) is 5.32 Å². The molecule has 0 amide bonds. The second-order valence-electron chi connectivity index (χ2n) is 3.61. The maximum Gasteiger partial charge on any atom is 0.0914 e. The molecule has 0 aliphatic heterocycles. The molecule has 0 spiro atoms. The summed E-state index contributed by atoms with van der Waals surface area (Å²) >= 11 is 3.37. The number of nitrogens with one attached hydrogen (secondary N) is 1. The van der Waals surface area contributed by atoms with E-state index in [0.29, 0.717) is 26.3 Å². The molecule has 0 aliphatic rings. The Morgan fingerprint density at radius 1 is 1.35 bits per heavy atom. The summed E-state index contributed by atoms with van der Waals surface area (Å²) in [6.45, 7) is 2.08. The molecule has 1 rings (SSSR count). The van der Waals surface area contributed by atoms with Gasteiger partial charge in [-0.25, -0.2) is 0 Å². The monoisotopic (exact) mass is 303 g/mol. The smallest absolute Gasteiger partial charge is 0.0914 e. The van der Waals surface area contributed by atoms with Gasteiger partial charge in [0.1, 0.15) is 0 Å². The highest BCUT2D eigenvalue weighted by Crippen LogP contribution is 2.17. The van der Waals surface area contributed by atoms with Crippen molar-refractivity contribution in [3.63, 3.8) is 0 Å². The lowest BCUT2D eigenvalue weighted by Crippen LogP contribution is -2.25. The molecule has 0 bridgehead atoms. The first kappa shape index (κ1) is 14.6. The molecule has 0 heterocycles. The lowest BCUT2D eigenvalue weighted by molar-refractivity contribution is 0.0910. The zero-order valence-electron chi connectivity index (χ0n) is 9.60. The standard InChI is InChI=1S/C12H18BrNO3/c13-11-3-1-2-10(8-11)12(16)9-14-4-6-17-7-5-15/h1-3,8,12,14-16H,4-7,9H2. The fourth-order valence-electron chi connectivity index (χ4n) is 1.38. The maximum atomic E-state index is 9.88. The Balaban J connectivity index is 2.19. The van der Waals surface area contributed by atoms with Gasteiger partial charge >= 0.3 is 0 Å². The minimum atomic E-state index is -0.523. The van der Waals surface area contributed by atoms with Crippen LogP contribution in [-0.2, 0) is 4.74 Å². The van der Waals surface area contributed by atoms with Crippen LogP contribution in [0.5, 0.6) is 0 Å². The Morgan fingerprint density at radius 3 is 2.88 bits per heavy atom. The first-order valence-electron chi connectivity index (χ1n) is 5.57. The van der Waals surface area contributed by atoms with Gasteiger partial charge in [0.05, 0.1) is 25.9 Å². The van der Waals surface area contributed by atoms with Crippen molar-refractivity contribution in [2.24, 2.45) is 0 Å². The normalized spacial score (nSPS) is 12.6. The van der Waals surface area contributed by atoms with E-state index in [4.69, 9.17) is 9.84 Å². The third-order valence-corrected chi connectivity index (χ3v) is 2.72. The van der Waals surface area contributed by atoms with Gasteiger partial charge in [-0.15, -0.1) is 0 Å². The van der Waals surface area contributed by atoms with Crippen molar-refractivity contribution < 1.29 is 14.9 Å². The van der Waals surface area contributed by atoms with Crippen molar-refractivity contribution in [2.75, 3.05) is 32.9 Å². The summed E-state index contributed by atoms with van der Waals surface area (Å²) in [5.74, 6) is 0. The van der Waals surface area contributed by atoms with Crippen LogP contribution < -0.4 is 5.32 Å². The fraction of sp³-hybridized carbons (Fsp3) is 0.500. The molecule has 0 aliphatic carbocycles. The van der Waals surface area contributed by atoms with Gasteiger partial charge in [-0.2, -0.15) is 0 Å². The van der Waals surface area contributed by atoms with Gasteiger partial charge in [-0.1, -0.05) is 28.1 Å². The Labute approximate surface area is 110 Å². The minimum absolute atomic E-state index is 0.0423. The van der Waals surface area contributed by atoms with Crippen LogP contribution in [0.2, 0.25) is 0 Å². The molecule has 3 N–H and O–H groups in total. The number of aliphatic hydroxyl groups excluding tert-OH is 2.